The molecule has 178 valence electrons. The quantitative estimate of drug-likeness (QED) is 0.383. The number of carbonyl (C=O) groups is 2. The summed E-state index contributed by atoms with van der Waals surface area (Å²) in [6, 6.07) is 9.65. The van der Waals surface area contributed by atoms with Gasteiger partial charge in [-0.05, 0) is 55.7 Å². The Hall–Kier alpha value is -1.47. The Kier molecular flexibility index (Phi) is 9.74. The summed E-state index contributed by atoms with van der Waals surface area (Å²) < 4.78 is 6.48. The third kappa shape index (κ3) is 7.51. The van der Waals surface area contributed by atoms with Crippen molar-refractivity contribution >= 4 is 62.5 Å². The Labute approximate surface area is 217 Å². The summed E-state index contributed by atoms with van der Waals surface area (Å²) in [5.74, 6) is -0.162. The van der Waals surface area contributed by atoms with Gasteiger partial charge in [0.05, 0.1) is 5.02 Å². The number of hydrogen-bond donors (Lipinski definition) is 1. The molecule has 0 saturated heterocycles. The molecular formula is C24H26BrCl3N2O3. The van der Waals surface area contributed by atoms with Gasteiger partial charge in [0.25, 0.3) is 5.91 Å². The van der Waals surface area contributed by atoms with E-state index in [1.54, 1.807) is 43.3 Å². The second kappa shape index (κ2) is 12.3. The lowest BCUT2D eigenvalue weighted by atomic mass is 9.95. The molecule has 1 saturated carbocycles. The number of ether oxygens (including phenoxy) is 1. The van der Waals surface area contributed by atoms with Gasteiger partial charge in [-0.25, -0.2) is 0 Å². The van der Waals surface area contributed by atoms with E-state index in [4.69, 9.17) is 39.5 Å². The van der Waals surface area contributed by atoms with Gasteiger partial charge in [-0.1, -0.05) is 76.1 Å². The Morgan fingerprint density at radius 3 is 2.48 bits per heavy atom. The number of rotatable bonds is 8. The monoisotopic (exact) mass is 574 g/mol. The van der Waals surface area contributed by atoms with Crippen LogP contribution in [0.15, 0.2) is 40.9 Å². The van der Waals surface area contributed by atoms with E-state index in [1.165, 1.54) is 11.3 Å². The van der Waals surface area contributed by atoms with Gasteiger partial charge in [0.2, 0.25) is 5.91 Å². The van der Waals surface area contributed by atoms with Gasteiger partial charge in [0.15, 0.2) is 6.61 Å². The van der Waals surface area contributed by atoms with Crippen LogP contribution in [-0.2, 0) is 16.1 Å². The molecule has 0 aliphatic heterocycles. The molecule has 5 nitrogen and oxygen atoms in total. The Balaban J connectivity index is 1.75. The number of benzene rings is 2. The lowest BCUT2D eigenvalue weighted by molar-refractivity contribution is -0.142. The van der Waals surface area contributed by atoms with Crippen LogP contribution >= 0.6 is 50.7 Å². The first kappa shape index (κ1) is 26.1. The molecule has 1 atom stereocenters. The molecule has 0 aromatic heterocycles. The third-order valence-corrected chi connectivity index (χ3v) is 7.10. The van der Waals surface area contributed by atoms with Crippen molar-refractivity contribution in [2.24, 2.45) is 0 Å². The number of carbonyl (C=O) groups excluding carboxylic acids is 2. The van der Waals surface area contributed by atoms with E-state index in [0.29, 0.717) is 26.4 Å². The zero-order chi connectivity index (χ0) is 24.0. The third-order valence-electron chi connectivity index (χ3n) is 5.72. The van der Waals surface area contributed by atoms with E-state index >= 15 is 0 Å². The molecule has 2 amide bonds. The summed E-state index contributed by atoms with van der Waals surface area (Å²) >= 11 is 21.9. The molecule has 1 aliphatic rings. The highest BCUT2D eigenvalue weighted by Crippen LogP contribution is 2.28. The summed E-state index contributed by atoms with van der Waals surface area (Å²) in [5, 5.41) is 4.41. The van der Waals surface area contributed by atoms with Crippen LogP contribution in [-0.4, -0.2) is 35.4 Å². The number of halogens is 4. The van der Waals surface area contributed by atoms with E-state index in [2.05, 4.69) is 21.2 Å². The zero-order valence-electron chi connectivity index (χ0n) is 18.3. The Morgan fingerprint density at radius 2 is 1.82 bits per heavy atom. The van der Waals surface area contributed by atoms with Crippen LogP contribution in [0.5, 0.6) is 5.75 Å². The minimum absolute atomic E-state index is 0.141. The highest BCUT2D eigenvalue weighted by Gasteiger charge is 2.29. The standard InChI is InChI=1S/C24H26BrCl3N2O3/c1-15(24(32)29-19-5-3-2-4-6-19)30(13-16-7-9-18(26)12-20(16)27)23(31)14-33-22-10-8-17(25)11-21(22)28/h7-12,15,19H,2-6,13-14H2,1H3,(H,29,32)/t15-/m0/s1. The molecule has 2 aromatic carbocycles. The number of nitrogens with one attached hydrogen (secondary N) is 1. The molecule has 9 heteroatoms. The molecule has 0 unspecified atom stereocenters. The van der Waals surface area contributed by atoms with Crippen molar-refractivity contribution in [2.45, 2.75) is 57.7 Å². The van der Waals surface area contributed by atoms with E-state index in [1.807, 2.05) is 0 Å². The molecular weight excluding hydrogens is 551 g/mol. The van der Waals surface area contributed by atoms with Crippen LogP contribution in [0.1, 0.15) is 44.6 Å². The van der Waals surface area contributed by atoms with Crippen LogP contribution < -0.4 is 10.1 Å². The van der Waals surface area contributed by atoms with E-state index in [-0.39, 0.29) is 31.0 Å². The molecule has 33 heavy (non-hydrogen) atoms. The number of amides is 2. The largest absolute Gasteiger partial charge is 0.482 e. The molecule has 0 radical (unpaired) electrons. The molecule has 2 aromatic rings. The van der Waals surface area contributed by atoms with E-state index in [0.717, 1.165) is 30.2 Å². The Morgan fingerprint density at radius 1 is 1.09 bits per heavy atom. The summed E-state index contributed by atoms with van der Waals surface area (Å²) in [5.41, 5.74) is 0.688. The van der Waals surface area contributed by atoms with Crippen LogP contribution in [0.25, 0.3) is 0 Å². The fourth-order valence-electron chi connectivity index (χ4n) is 3.80. The average molecular weight is 577 g/mol. The predicted octanol–water partition coefficient (Wildman–Crippen LogP) is 6.65. The van der Waals surface area contributed by atoms with Gasteiger partial charge < -0.3 is 15.0 Å². The minimum atomic E-state index is -0.713. The SMILES string of the molecule is C[C@@H](C(=O)NC1CCCCC1)N(Cc1ccc(Cl)cc1Cl)C(=O)COc1ccc(Br)cc1Cl. The van der Waals surface area contributed by atoms with Crippen molar-refractivity contribution in [2.75, 3.05) is 6.61 Å². The van der Waals surface area contributed by atoms with Crippen LogP contribution in [0.4, 0.5) is 0 Å². The lowest BCUT2D eigenvalue weighted by Gasteiger charge is -2.31. The van der Waals surface area contributed by atoms with E-state index < -0.39 is 6.04 Å². The topological polar surface area (TPSA) is 58.6 Å². The van der Waals surface area contributed by atoms with Gasteiger partial charge in [0, 0.05) is 27.1 Å². The van der Waals surface area contributed by atoms with Crippen molar-refractivity contribution in [1.82, 2.24) is 10.2 Å². The summed E-state index contributed by atoms with van der Waals surface area (Å²) in [6.45, 7) is 1.59. The maximum Gasteiger partial charge on any atom is 0.261 e. The molecule has 1 aliphatic carbocycles. The fraction of sp³-hybridized carbons (Fsp3) is 0.417. The first-order valence-electron chi connectivity index (χ1n) is 10.9. The maximum atomic E-state index is 13.2. The van der Waals surface area contributed by atoms with Crippen LogP contribution in [0.2, 0.25) is 15.1 Å². The molecule has 1 fully saturated rings. The maximum absolute atomic E-state index is 13.2. The Bertz CT molecular complexity index is 999. The number of nitrogens with zero attached hydrogens (tertiary/aromatic N) is 1. The molecule has 1 N–H and O–H groups in total. The zero-order valence-corrected chi connectivity index (χ0v) is 22.1. The number of hydrogen-bond acceptors (Lipinski definition) is 3. The van der Waals surface area contributed by atoms with Crippen LogP contribution in [0.3, 0.4) is 0 Å². The smallest absolute Gasteiger partial charge is 0.261 e. The lowest BCUT2D eigenvalue weighted by Crippen LogP contribution is -2.51. The highest BCUT2D eigenvalue weighted by molar-refractivity contribution is 9.10. The van der Waals surface area contributed by atoms with Crippen molar-refractivity contribution in [3.8, 4) is 5.75 Å². The minimum Gasteiger partial charge on any atom is -0.482 e. The van der Waals surface area contributed by atoms with Gasteiger partial charge in [-0.15, -0.1) is 0 Å². The normalized spacial score (nSPS) is 15.1. The van der Waals surface area contributed by atoms with Gasteiger partial charge >= 0.3 is 0 Å². The van der Waals surface area contributed by atoms with Crippen LogP contribution in [0, 0.1) is 0 Å². The second-order valence-electron chi connectivity index (χ2n) is 8.14. The van der Waals surface area contributed by atoms with Gasteiger partial charge in [0.1, 0.15) is 11.8 Å². The molecule has 0 heterocycles. The van der Waals surface area contributed by atoms with Gasteiger partial charge in [-0.3, -0.25) is 9.59 Å². The van der Waals surface area contributed by atoms with Crippen molar-refractivity contribution in [1.29, 1.82) is 0 Å². The molecule has 3 rings (SSSR count). The average Bonchev–Trinajstić information content (AvgIpc) is 2.78. The first-order chi connectivity index (χ1) is 15.7. The predicted molar refractivity (Wildman–Crippen MR) is 136 cm³/mol. The molecule has 0 bridgehead atoms. The van der Waals surface area contributed by atoms with Gasteiger partial charge in [-0.2, -0.15) is 0 Å². The second-order valence-corrected chi connectivity index (χ2v) is 10.3. The van der Waals surface area contributed by atoms with E-state index in [9.17, 15) is 9.59 Å². The summed E-state index contributed by atoms with van der Waals surface area (Å²) in [4.78, 5) is 27.7. The van der Waals surface area contributed by atoms with Crippen molar-refractivity contribution in [3.05, 3.63) is 61.5 Å². The first-order valence-corrected chi connectivity index (χ1v) is 12.8. The highest BCUT2D eigenvalue weighted by atomic mass is 79.9. The van der Waals surface area contributed by atoms with Crippen molar-refractivity contribution < 1.29 is 14.3 Å². The summed E-state index contributed by atoms with van der Waals surface area (Å²) in [6.07, 6.45) is 5.31. The fourth-order valence-corrected chi connectivity index (χ4v) is 5.00. The molecule has 0 spiro atoms. The summed E-state index contributed by atoms with van der Waals surface area (Å²) in [7, 11) is 0. The van der Waals surface area contributed by atoms with Crippen molar-refractivity contribution in [3.63, 3.8) is 0 Å².